The molecule has 1 amide bonds. The van der Waals surface area contributed by atoms with Crippen molar-refractivity contribution in [1.82, 2.24) is 9.21 Å². The summed E-state index contributed by atoms with van der Waals surface area (Å²) in [6, 6.07) is 14.6. The van der Waals surface area contributed by atoms with Gasteiger partial charge in [0.2, 0.25) is 15.9 Å². The van der Waals surface area contributed by atoms with E-state index >= 15 is 0 Å². The van der Waals surface area contributed by atoms with Crippen LogP contribution in [0.4, 0.5) is 5.69 Å². The second kappa shape index (κ2) is 7.57. The molecule has 26 heavy (non-hydrogen) atoms. The van der Waals surface area contributed by atoms with Crippen LogP contribution in [0.2, 0.25) is 0 Å². The zero-order valence-electron chi connectivity index (χ0n) is 15.0. The maximum atomic E-state index is 12.4. The number of carbonyl (C=O) groups excluding carboxylic acids is 1. The number of anilines is 1. The number of hydrogen-bond acceptors (Lipinski definition) is 4. The van der Waals surface area contributed by atoms with Gasteiger partial charge in [-0.25, -0.2) is 12.7 Å². The van der Waals surface area contributed by atoms with E-state index in [9.17, 15) is 13.2 Å². The van der Waals surface area contributed by atoms with Crippen LogP contribution in [0.3, 0.4) is 0 Å². The Labute approximate surface area is 154 Å². The van der Waals surface area contributed by atoms with E-state index in [1.54, 1.807) is 12.1 Å². The predicted molar refractivity (Wildman–Crippen MR) is 101 cm³/mol. The molecule has 1 aliphatic rings. The van der Waals surface area contributed by atoms with Crippen molar-refractivity contribution >= 4 is 21.6 Å². The van der Waals surface area contributed by atoms with Crippen molar-refractivity contribution in [1.29, 1.82) is 0 Å². The van der Waals surface area contributed by atoms with Crippen LogP contribution < -0.4 is 5.32 Å². The third-order valence-electron chi connectivity index (χ3n) is 4.47. The van der Waals surface area contributed by atoms with Crippen LogP contribution in [0.5, 0.6) is 0 Å². The molecule has 1 heterocycles. The molecule has 0 radical (unpaired) electrons. The van der Waals surface area contributed by atoms with E-state index in [4.69, 9.17) is 0 Å². The fourth-order valence-electron chi connectivity index (χ4n) is 3.04. The molecule has 0 spiro atoms. The number of benzene rings is 2. The normalized spacial score (nSPS) is 14.9. The van der Waals surface area contributed by atoms with Crippen LogP contribution in [0, 0.1) is 0 Å². The highest BCUT2D eigenvalue weighted by Gasteiger charge is 2.20. The lowest BCUT2D eigenvalue weighted by Crippen LogP contribution is -2.37. The van der Waals surface area contributed by atoms with Gasteiger partial charge in [-0.2, -0.15) is 0 Å². The van der Waals surface area contributed by atoms with Crippen molar-refractivity contribution in [2.75, 3.05) is 32.5 Å². The first-order valence-electron chi connectivity index (χ1n) is 8.48. The van der Waals surface area contributed by atoms with E-state index in [1.807, 2.05) is 12.1 Å². The molecule has 6 nitrogen and oxygen atoms in total. The molecule has 2 aromatic rings. The molecule has 7 heteroatoms. The summed E-state index contributed by atoms with van der Waals surface area (Å²) in [5.74, 6) is -0.149. The Bertz CT molecular complexity index is 910. The summed E-state index contributed by atoms with van der Waals surface area (Å²) in [5, 5.41) is 2.80. The number of nitrogens with one attached hydrogen (secondary N) is 1. The summed E-state index contributed by atoms with van der Waals surface area (Å²) >= 11 is 0. The molecule has 2 aromatic carbocycles. The Kier molecular flexibility index (Phi) is 5.41. The van der Waals surface area contributed by atoms with Crippen LogP contribution in [0.15, 0.2) is 53.4 Å². The Morgan fingerprint density at radius 1 is 1.12 bits per heavy atom. The Morgan fingerprint density at radius 3 is 2.58 bits per heavy atom. The first kappa shape index (κ1) is 18.6. The quantitative estimate of drug-likeness (QED) is 0.870. The molecule has 3 rings (SSSR count). The van der Waals surface area contributed by atoms with Gasteiger partial charge in [0.25, 0.3) is 0 Å². The molecule has 0 saturated carbocycles. The lowest BCUT2D eigenvalue weighted by atomic mass is 10.00. The molecular formula is C19H23N3O3S. The monoisotopic (exact) mass is 373 g/mol. The number of sulfonamides is 1. The Hall–Kier alpha value is -2.22. The average Bonchev–Trinajstić information content (AvgIpc) is 2.61. The first-order valence-corrected chi connectivity index (χ1v) is 9.92. The molecule has 0 atom stereocenters. The van der Waals surface area contributed by atoms with Gasteiger partial charge in [0.05, 0.1) is 11.4 Å². The fraction of sp³-hybridized carbons (Fsp3) is 0.316. The largest absolute Gasteiger partial charge is 0.325 e. The van der Waals surface area contributed by atoms with Gasteiger partial charge < -0.3 is 5.32 Å². The highest BCUT2D eigenvalue weighted by molar-refractivity contribution is 7.89. The van der Waals surface area contributed by atoms with Crippen LogP contribution in [-0.2, 0) is 27.8 Å². The Balaban J connectivity index is 1.64. The fourth-order valence-corrected chi connectivity index (χ4v) is 3.99. The minimum Gasteiger partial charge on any atom is -0.325 e. The zero-order valence-corrected chi connectivity index (χ0v) is 15.8. The summed E-state index contributed by atoms with van der Waals surface area (Å²) in [4.78, 5) is 14.6. The SMILES string of the molecule is CN(C)S(=O)(=O)c1cccc(NC(=O)CN2CCc3ccccc3C2)c1. The highest BCUT2D eigenvalue weighted by atomic mass is 32.2. The second-order valence-electron chi connectivity index (χ2n) is 6.59. The third-order valence-corrected chi connectivity index (χ3v) is 6.28. The van der Waals surface area contributed by atoms with Crippen molar-refractivity contribution in [3.63, 3.8) is 0 Å². The molecule has 0 fully saturated rings. The molecule has 0 aliphatic carbocycles. The second-order valence-corrected chi connectivity index (χ2v) is 8.74. The lowest BCUT2D eigenvalue weighted by molar-refractivity contribution is -0.117. The first-order chi connectivity index (χ1) is 12.4. The van der Waals surface area contributed by atoms with E-state index in [2.05, 4.69) is 22.3 Å². The van der Waals surface area contributed by atoms with Crippen molar-refractivity contribution < 1.29 is 13.2 Å². The molecule has 1 aliphatic heterocycles. The number of carbonyl (C=O) groups is 1. The summed E-state index contributed by atoms with van der Waals surface area (Å²) in [7, 11) is -0.562. The Morgan fingerprint density at radius 2 is 1.85 bits per heavy atom. The van der Waals surface area contributed by atoms with E-state index < -0.39 is 10.0 Å². The van der Waals surface area contributed by atoms with E-state index in [0.29, 0.717) is 5.69 Å². The van der Waals surface area contributed by atoms with Gasteiger partial charge in [-0.3, -0.25) is 9.69 Å². The number of hydrogen-bond donors (Lipinski definition) is 1. The molecule has 0 aromatic heterocycles. The van der Waals surface area contributed by atoms with E-state index in [1.165, 1.54) is 37.4 Å². The van der Waals surface area contributed by atoms with Crippen LogP contribution in [-0.4, -0.2) is 50.7 Å². The third kappa shape index (κ3) is 4.12. The molecule has 0 bridgehead atoms. The van der Waals surface area contributed by atoms with Crippen molar-refractivity contribution in [2.45, 2.75) is 17.9 Å². The van der Waals surface area contributed by atoms with Crippen LogP contribution in [0.1, 0.15) is 11.1 Å². The number of fused-ring (bicyclic) bond motifs is 1. The number of nitrogens with zero attached hydrogens (tertiary/aromatic N) is 2. The minimum atomic E-state index is -3.52. The van der Waals surface area contributed by atoms with Crippen LogP contribution >= 0.6 is 0 Å². The molecule has 0 unspecified atom stereocenters. The lowest BCUT2D eigenvalue weighted by Gasteiger charge is -2.28. The highest BCUT2D eigenvalue weighted by Crippen LogP contribution is 2.20. The molecule has 1 N–H and O–H groups in total. The smallest absolute Gasteiger partial charge is 0.242 e. The predicted octanol–water partition coefficient (Wildman–Crippen LogP) is 1.93. The minimum absolute atomic E-state index is 0.149. The van der Waals surface area contributed by atoms with Gasteiger partial charge in [0.1, 0.15) is 0 Å². The standard InChI is InChI=1S/C19H23N3O3S/c1-21(2)26(24,25)18-9-5-8-17(12-18)20-19(23)14-22-11-10-15-6-3-4-7-16(15)13-22/h3-9,12H,10-11,13-14H2,1-2H3,(H,20,23). The summed E-state index contributed by atoms with van der Waals surface area (Å²) in [6.45, 7) is 1.86. The van der Waals surface area contributed by atoms with Gasteiger partial charge >= 0.3 is 0 Å². The maximum Gasteiger partial charge on any atom is 0.242 e. The summed E-state index contributed by atoms with van der Waals surface area (Å²) in [5.41, 5.74) is 3.08. The maximum absolute atomic E-state index is 12.4. The molecule has 0 saturated heterocycles. The van der Waals surface area contributed by atoms with Gasteiger partial charge in [-0.1, -0.05) is 30.3 Å². The van der Waals surface area contributed by atoms with E-state index in [-0.39, 0.29) is 17.3 Å². The van der Waals surface area contributed by atoms with Gasteiger partial charge in [-0.15, -0.1) is 0 Å². The van der Waals surface area contributed by atoms with Crippen molar-refractivity contribution in [3.05, 3.63) is 59.7 Å². The van der Waals surface area contributed by atoms with Gasteiger partial charge in [0.15, 0.2) is 0 Å². The molecular weight excluding hydrogens is 350 g/mol. The van der Waals surface area contributed by atoms with Crippen molar-refractivity contribution in [2.24, 2.45) is 0 Å². The zero-order chi connectivity index (χ0) is 18.7. The average molecular weight is 373 g/mol. The topological polar surface area (TPSA) is 69.7 Å². The van der Waals surface area contributed by atoms with Crippen molar-refractivity contribution in [3.8, 4) is 0 Å². The summed E-state index contributed by atoms with van der Waals surface area (Å²) < 4.78 is 25.6. The molecule has 138 valence electrons. The van der Waals surface area contributed by atoms with Gasteiger partial charge in [0, 0.05) is 32.9 Å². The number of amides is 1. The van der Waals surface area contributed by atoms with Crippen LogP contribution in [0.25, 0.3) is 0 Å². The number of rotatable bonds is 5. The van der Waals surface area contributed by atoms with E-state index in [0.717, 1.165) is 23.8 Å². The van der Waals surface area contributed by atoms with Gasteiger partial charge in [-0.05, 0) is 35.7 Å². The summed E-state index contributed by atoms with van der Waals surface area (Å²) in [6.07, 6.45) is 0.931.